The van der Waals surface area contributed by atoms with Crippen molar-refractivity contribution in [2.75, 3.05) is 13.2 Å². The van der Waals surface area contributed by atoms with Crippen LogP contribution in [0, 0.1) is 0 Å². The van der Waals surface area contributed by atoms with E-state index in [4.69, 9.17) is 11.6 Å². The molecule has 1 atom stereocenters. The zero-order valence-electron chi connectivity index (χ0n) is 12.7. The molecule has 0 bridgehead atoms. The van der Waals surface area contributed by atoms with E-state index in [1.54, 1.807) is 15.8 Å². The van der Waals surface area contributed by atoms with E-state index in [-0.39, 0.29) is 18.6 Å². The Hall–Kier alpha value is -1.92. The molecule has 1 saturated heterocycles. The van der Waals surface area contributed by atoms with Gasteiger partial charge in [-0.3, -0.25) is 4.79 Å². The van der Waals surface area contributed by atoms with E-state index >= 15 is 0 Å². The lowest BCUT2D eigenvalue weighted by atomic mass is 10.0. The number of halogens is 1. The fraction of sp³-hybridized carbons (Fsp3) is 0.438. The Morgan fingerprint density at radius 2 is 2.17 bits per heavy atom. The quantitative estimate of drug-likeness (QED) is 0.928. The van der Waals surface area contributed by atoms with E-state index in [0.29, 0.717) is 23.8 Å². The summed E-state index contributed by atoms with van der Waals surface area (Å²) in [6, 6.07) is 7.39. The zero-order chi connectivity index (χ0) is 16.2. The maximum Gasteiger partial charge on any atom is 0.276 e. The molecule has 23 heavy (non-hydrogen) atoms. The van der Waals surface area contributed by atoms with E-state index in [2.05, 4.69) is 10.3 Å². The van der Waals surface area contributed by atoms with Crippen LogP contribution < -0.4 is 0 Å². The Morgan fingerprint density at radius 1 is 1.35 bits per heavy atom. The van der Waals surface area contributed by atoms with Crippen LogP contribution in [-0.4, -0.2) is 50.1 Å². The first-order valence-electron chi connectivity index (χ1n) is 7.74. The normalized spacial score (nSPS) is 18.2. The molecule has 0 saturated carbocycles. The van der Waals surface area contributed by atoms with Gasteiger partial charge in [0.25, 0.3) is 5.91 Å². The summed E-state index contributed by atoms with van der Waals surface area (Å²) < 4.78 is 1.60. The number of aromatic nitrogens is 3. The fourth-order valence-electron chi connectivity index (χ4n) is 2.88. The molecule has 3 rings (SSSR count). The van der Waals surface area contributed by atoms with Crippen LogP contribution in [0.1, 0.15) is 35.3 Å². The van der Waals surface area contributed by atoms with E-state index in [9.17, 15) is 9.90 Å². The highest BCUT2D eigenvalue weighted by molar-refractivity contribution is 6.31. The second kappa shape index (κ2) is 7.10. The Balaban J connectivity index is 1.73. The van der Waals surface area contributed by atoms with Crippen molar-refractivity contribution in [3.05, 3.63) is 46.7 Å². The van der Waals surface area contributed by atoms with Crippen LogP contribution in [0.3, 0.4) is 0 Å². The highest BCUT2D eigenvalue weighted by Gasteiger charge is 2.28. The summed E-state index contributed by atoms with van der Waals surface area (Å²) in [5.74, 6) is -0.172. The van der Waals surface area contributed by atoms with E-state index in [0.717, 1.165) is 24.8 Å². The Bertz CT molecular complexity index is 688. The van der Waals surface area contributed by atoms with Gasteiger partial charge >= 0.3 is 0 Å². The smallest absolute Gasteiger partial charge is 0.276 e. The molecular formula is C16H19ClN4O2. The average molecular weight is 335 g/mol. The van der Waals surface area contributed by atoms with Gasteiger partial charge in [0.15, 0.2) is 5.69 Å². The van der Waals surface area contributed by atoms with Crippen molar-refractivity contribution >= 4 is 17.5 Å². The number of likely N-dealkylation sites (tertiary alicyclic amines) is 1. The van der Waals surface area contributed by atoms with Gasteiger partial charge in [-0.1, -0.05) is 35.0 Å². The van der Waals surface area contributed by atoms with Gasteiger partial charge < -0.3 is 10.0 Å². The first-order valence-corrected chi connectivity index (χ1v) is 8.12. The van der Waals surface area contributed by atoms with Gasteiger partial charge in [-0.15, -0.1) is 5.10 Å². The van der Waals surface area contributed by atoms with Gasteiger partial charge in [0.2, 0.25) is 0 Å². The van der Waals surface area contributed by atoms with Crippen molar-refractivity contribution < 1.29 is 9.90 Å². The van der Waals surface area contributed by atoms with Crippen molar-refractivity contribution in [1.29, 1.82) is 0 Å². The Labute approximate surface area is 139 Å². The van der Waals surface area contributed by atoms with Crippen LogP contribution in [0.4, 0.5) is 0 Å². The summed E-state index contributed by atoms with van der Waals surface area (Å²) in [6.07, 6.45) is 4.45. The molecule has 0 radical (unpaired) electrons. The molecule has 1 aromatic heterocycles. The summed E-state index contributed by atoms with van der Waals surface area (Å²) in [5, 5.41) is 18.1. The molecular weight excluding hydrogens is 316 g/mol. The summed E-state index contributed by atoms with van der Waals surface area (Å²) >= 11 is 6.14. The van der Waals surface area contributed by atoms with Crippen LogP contribution in [0.15, 0.2) is 30.5 Å². The number of aliphatic hydroxyl groups is 1. The average Bonchev–Trinajstić information content (AvgIpc) is 3.05. The number of aliphatic hydroxyl groups excluding tert-OH is 1. The molecule has 1 amide bonds. The van der Waals surface area contributed by atoms with Crippen molar-refractivity contribution in [2.45, 2.75) is 31.8 Å². The SMILES string of the molecule is O=C(c1cn(Cc2ccccc2Cl)nn1)N1CCCC[C@H]1CO. The second-order valence-electron chi connectivity index (χ2n) is 5.72. The number of benzene rings is 1. The minimum Gasteiger partial charge on any atom is -0.394 e. The van der Waals surface area contributed by atoms with Gasteiger partial charge in [-0.2, -0.15) is 0 Å². The molecule has 7 heteroatoms. The van der Waals surface area contributed by atoms with Crippen molar-refractivity contribution in [2.24, 2.45) is 0 Å². The summed E-state index contributed by atoms with van der Waals surface area (Å²) in [6.45, 7) is 1.10. The Kier molecular flexibility index (Phi) is 4.93. The maximum absolute atomic E-state index is 12.6. The van der Waals surface area contributed by atoms with Crippen LogP contribution >= 0.6 is 11.6 Å². The topological polar surface area (TPSA) is 71.2 Å². The molecule has 6 nitrogen and oxygen atoms in total. The number of piperidine rings is 1. The molecule has 1 fully saturated rings. The molecule has 1 aromatic carbocycles. The minimum absolute atomic E-state index is 0.0144. The Morgan fingerprint density at radius 3 is 2.96 bits per heavy atom. The second-order valence-corrected chi connectivity index (χ2v) is 6.13. The molecule has 2 heterocycles. The third-order valence-corrected chi connectivity index (χ3v) is 4.52. The minimum atomic E-state index is -0.172. The molecule has 122 valence electrons. The number of hydrogen-bond donors (Lipinski definition) is 1. The first kappa shape index (κ1) is 16.0. The number of hydrogen-bond acceptors (Lipinski definition) is 4. The molecule has 2 aromatic rings. The predicted octanol–water partition coefficient (Wildman–Crippen LogP) is 1.97. The van der Waals surface area contributed by atoms with Gasteiger partial charge in [-0.05, 0) is 30.9 Å². The summed E-state index contributed by atoms with van der Waals surface area (Å²) in [4.78, 5) is 14.3. The lowest BCUT2D eigenvalue weighted by Gasteiger charge is -2.33. The lowest BCUT2D eigenvalue weighted by Crippen LogP contribution is -2.45. The molecule has 0 aliphatic carbocycles. The summed E-state index contributed by atoms with van der Waals surface area (Å²) in [5.41, 5.74) is 1.22. The highest BCUT2D eigenvalue weighted by atomic mass is 35.5. The lowest BCUT2D eigenvalue weighted by molar-refractivity contribution is 0.0497. The molecule has 0 spiro atoms. The fourth-order valence-corrected chi connectivity index (χ4v) is 3.08. The monoisotopic (exact) mass is 334 g/mol. The summed E-state index contributed by atoms with van der Waals surface area (Å²) in [7, 11) is 0. The van der Waals surface area contributed by atoms with Crippen LogP contribution in [0.5, 0.6) is 0 Å². The number of rotatable bonds is 4. The number of carbonyl (C=O) groups excluding carboxylic acids is 1. The molecule has 1 aliphatic rings. The van der Waals surface area contributed by atoms with Crippen molar-refractivity contribution in [1.82, 2.24) is 19.9 Å². The molecule has 1 N–H and O–H groups in total. The third kappa shape index (κ3) is 3.54. The predicted molar refractivity (Wildman–Crippen MR) is 86.3 cm³/mol. The largest absolute Gasteiger partial charge is 0.394 e. The highest BCUT2D eigenvalue weighted by Crippen LogP contribution is 2.19. The van der Waals surface area contributed by atoms with Gasteiger partial charge in [0.05, 0.1) is 25.4 Å². The van der Waals surface area contributed by atoms with E-state index in [1.165, 1.54) is 0 Å². The number of amides is 1. The first-order chi connectivity index (χ1) is 11.2. The zero-order valence-corrected chi connectivity index (χ0v) is 13.5. The number of nitrogens with zero attached hydrogens (tertiary/aromatic N) is 4. The maximum atomic E-state index is 12.6. The number of carbonyl (C=O) groups is 1. The van der Waals surface area contributed by atoms with Crippen LogP contribution in [-0.2, 0) is 6.54 Å². The van der Waals surface area contributed by atoms with Crippen LogP contribution in [0.25, 0.3) is 0 Å². The van der Waals surface area contributed by atoms with E-state index < -0.39 is 0 Å². The van der Waals surface area contributed by atoms with E-state index in [1.807, 2.05) is 24.3 Å². The standard InChI is InChI=1S/C16H19ClN4O2/c17-14-7-2-1-5-12(14)9-20-10-15(18-19-20)16(23)21-8-4-3-6-13(21)11-22/h1-2,5,7,10,13,22H,3-4,6,8-9,11H2/t13-/m0/s1. The molecule has 0 unspecified atom stereocenters. The van der Waals surface area contributed by atoms with Crippen LogP contribution in [0.2, 0.25) is 5.02 Å². The van der Waals surface area contributed by atoms with Crippen molar-refractivity contribution in [3.8, 4) is 0 Å². The van der Waals surface area contributed by atoms with Crippen molar-refractivity contribution in [3.63, 3.8) is 0 Å². The third-order valence-electron chi connectivity index (χ3n) is 4.15. The molecule has 1 aliphatic heterocycles. The van der Waals surface area contributed by atoms with Gasteiger partial charge in [-0.25, -0.2) is 4.68 Å². The van der Waals surface area contributed by atoms with Gasteiger partial charge in [0.1, 0.15) is 0 Å². The van der Waals surface area contributed by atoms with Gasteiger partial charge in [0, 0.05) is 11.6 Å².